The molecule has 0 atom stereocenters. The normalized spacial score (nSPS) is 9.21. The van der Waals surface area contributed by atoms with Crippen LogP contribution in [0.3, 0.4) is 0 Å². The maximum absolute atomic E-state index is 11.2. The van der Waals surface area contributed by atoms with Gasteiger partial charge in [-0.1, -0.05) is 6.07 Å². The summed E-state index contributed by atoms with van der Waals surface area (Å²) < 4.78 is 0. The van der Waals surface area contributed by atoms with Crippen LogP contribution in [0.5, 0.6) is 0 Å². The van der Waals surface area contributed by atoms with Crippen molar-refractivity contribution in [2.75, 3.05) is 7.05 Å². The molecule has 0 fully saturated rings. The van der Waals surface area contributed by atoms with Gasteiger partial charge in [0.15, 0.2) is 0 Å². The Morgan fingerprint density at radius 1 is 1.57 bits per heavy atom. The summed E-state index contributed by atoms with van der Waals surface area (Å²) in [5, 5.41) is 4.95. The van der Waals surface area contributed by atoms with E-state index in [9.17, 15) is 9.59 Å². The standard InChI is InChI=1S/C9H11N3O2/c1-10-9(14)8-4-2-3-7(12-8)5-11-6-13/h2-4,6H,5H2,1H3,(H,10,14)(H,11,13). The molecule has 1 aromatic heterocycles. The second-order valence-electron chi connectivity index (χ2n) is 2.59. The molecule has 1 rings (SSSR count). The Hall–Kier alpha value is -1.91. The highest BCUT2D eigenvalue weighted by Crippen LogP contribution is 1.98. The van der Waals surface area contributed by atoms with Crippen LogP contribution in [0.1, 0.15) is 16.2 Å². The number of rotatable bonds is 4. The van der Waals surface area contributed by atoms with E-state index in [-0.39, 0.29) is 5.91 Å². The number of pyridine rings is 1. The molecule has 0 saturated carbocycles. The van der Waals surface area contributed by atoms with Gasteiger partial charge >= 0.3 is 0 Å². The first-order valence-electron chi connectivity index (χ1n) is 4.13. The minimum atomic E-state index is -0.238. The first kappa shape index (κ1) is 10.2. The average Bonchev–Trinajstić information content (AvgIpc) is 2.25. The molecule has 0 aromatic carbocycles. The van der Waals surface area contributed by atoms with Crippen LogP contribution >= 0.6 is 0 Å². The SMILES string of the molecule is CNC(=O)c1cccc(CNC=O)n1. The van der Waals surface area contributed by atoms with Crippen molar-refractivity contribution in [2.24, 2.45) is 0 Å². The van der Waals surface area contributed by atoms with Crippen LogP contribution in [0, 0.1) is 0 Å². The summed E-state index contributed by atoms with van der Waals surface area (Å²) in [6, 6.07) is 5.07. The van der Waals surface area contributed by atoms with E-state index in [1.807, 2.05) is 0 Å². The van der Waals surface area contributed by atoms with Gasteiger partial charge in [-0.25, -0.2) is 4.98 Å². The van der Waals surface area contributed by atoms with Crippen LogP contribution in [0.2, 0.25) is 0 Å². The lowest BCUT2D eigenvalue weighted by molar-refractivity contribution is -0.109. The van der Waals surface area contributed by atoms with Crippen molar-refractivity contribution in [3.8, 4) is 0 Å². The molecule has 0 unspecified atom stereocenters. The summed E-state index contributed by atoms with van der Waals surface area (Å²) in [7, 11) is 1.54. The highest BCUT2D eigenvalue weighted by molar-refractivity contribution is 5.91. The Morgan fingerprint density at radius 2 is 2.36 bits per heavy atom. The van der Waals surface area contributed by atoms with Gasteiger partial charge in [0, 0.05) is 7.05 Å². The molecular weight excluding hydrogens is 182 g/mol. The number of hydrogen-bond donors (Lipinski definition) is 2. The molecule has 0 bridgehead atoms. The molecule has 0 saturated heterocycles. The van der Waals surface area contributed by atoms with Crippen molar-refractivity contribution in [3.63, 3.8) is 0 Å². The Bertz CT molecular complexity index is 339. The lowest BCUT2D eigenvalue weighted by atomic mass is 10.3. The van der Waals surface area contributed by atoms with Gasteiger partial charge in [0.05, 0.1) is 12.2 Å². The van der Waals surface area contributed by atoms with E-state index < -0.39 is 0 Å². The second kappa shape index (κ2) is 4.96. The van der Waals surface area contributed by atoms with Crippen LogP contribution < -0.4 is 10.6 Å². The number of amides is 2. The van der Waals surface area contributed by atoms with E-state index in [1.165, 1.54) is 0 Å². The molecule has 0 aliphatic heterocycles. The number of nitrogens with one attached hydrogen (secondary N) is 2. The Labute approximate surface area is 81.5 Å². The third-order valence-corrected chi connectivity index (χ3v) is 1.63. The third kappa shape index (κ3) is 2.55. The number of carbonyl (C=O) groups is 2. The van der Waals surface area contributed by atoms with E-state index in [2.05, 4.69) is 15.6 Å². The molecule has 0 aliphatic rings. The van der Waals surface area contributed by atoms with Crippen LogP contribution in [-0.4, -0.2) is 24.3 Å². The third-order valence-electron chi connectivity index (χ3n) is 1.63. The van der Waals surface area contributed by atoms with Gasteiger partial charge in [-0.15, -0.1) is 0 Å². The first-order valence-corrected chi connectivity index (χ1v) is 4.13. The molecule has 5 nitrogen and oxygen atoms in total. The van der Waals surface area contributed by atoms with Gasteiger partial charge in [-0.3, -0.25) is 9.59 Å². The maximum atomic E-state index is 11.2. The zero-order valence-electron chi connectivity index (χ0n) is 7.78. The quantitative estimate of drug-likeness (QED) is 0.644. The zero-order chi connectivity index (χ0) is 10.4. The highest BCUT2D eigenvalue weighted by Gasteiger charge is 2.04. The summed E-state index contributed by atoms with van der Waals surface area (Å²) in [6.45, 7) is 0.328. The summed E-state index contributed by atoms with van der Waals surface area (Å²) in [5.74, 6) is -0.238. The monoisotopic (exact) mass is 193 g/mol. The molecular formula is C9H11N3O2. The van der Waals surface area contributed by atoms with Crippen LogP contribution in [-0.2, 0) is 11.3 Å². The summed E-state index contributed by atoms with van der Waals surface area (Å²) in [5.41, 5.74) is 0.996. The van der Waals surface area contributed by atoms with Crippen molar-refractivity contribution in [1.29, 1.82) is 0 Å². The van der Waals surface area contributed by atoms with E-state index in [4.69, 9.17) is 0 Å². The molecule has 14 heavy (non-hydrogen) atoms. The van der Waals surface area contributed by atoms with Gasteiger partial charge in [0.1, 0.15) is 5.69 Å². The number of nitrogens with zero attached hydrogens (tertiary/aromatic N) is 1. The van der Waals surface area contributed by atoms with E-state index in [1.54, 1.807) is 25.2 Å². The summed E-state index contributed by atoms with van der Waals surface area (Å²) >= 11 is 0. The van der Waals surface area contributed by atoms with E-state index in [0.717, 1.165) is 0 Å². The van der Waals surface area contributed by atoms with Crippen LogP contribution in [0.15, 0.2) is 18.2 Å². The zero-order valence-corrected chi connectivity index (χ0v) is 7.78. The Morgan fingerprint density at radius 3 is 3.00 bits per heavy atom. The molecule has 0 aliphatic carbocycles. The molecule has 2 N–H and O–H groups in total. The van der Waals surface area contributed by atoms with Crippen molar-refractivity contribution in [1.82, 2.24) is 15.6 Å². The summed E-state index contributed by atoms with van der Waals surface area (Å²) in [4.78, 5) is 25.3. The minimum Gasteiger partial charge on any atom is -0.354 e. The molecule has 5 heteroatoms. The fourth-order valence-corrected chi connectivity index (χ4v) is 0.979. The van der Waals surface area contributed by atoms with Gasteiger partial charge in [0.2, 0.25) is 6.41 Å². The van der Waals surface area contributed by atoms with Gasteiger partial charge in [-0.2, -0.15) is 0 Å². The predicted octanol–water partition coefficient (Wildman–Crippen LogP) is -0.313. The fourth-order valence-electron chi connectivity index (χ4n) is 0.979. The van der Waals surface area contributed by atoms with Crippen molar-refractivity contribution >= 4 is 12.3 Å². The van der Waals surface area contributed by atoms with Crippen molar-refractivity contribution < 1.29 is 9.59 Å². The summed E-state index contributed by atoms with van der Waals surface area (Å²) in [6.07, 6.45) is 0.592. The fraction of sp³-hybridized carbons (Fsp3) is 0.222. The topological polar surface area (TPSA) is 71.1 Å². The molecule has 0 spiro atoms. The van der Waals surface area contributed by atoms with Crippen LogP contribution in [0.4, 0.5) is 0 Å². The number of carbonyl (C=O) groups excluding carboxylic acids is 2. The van der Waals surface area contributed by atoms with Gasteiger partial charge in [0.25, 0.3) is 5.91 Å². The largest absolute Gasteiger partial charge is 0.354 e. The highest BCUT2D eigenvalue weighted by atomic mass is 16.1. The van der Waals surface area contributed by atoms with Crippen LogP contribution in [0.25, 0.3) is 0 Å². The molecule has 2 amide bonds. The predicted molar refractivity (Wildman–Crippen MR) is 50.5 cm³/mol. The first-order chi connectivity index (χ1) is 6.77. The second-order valence-corrected chi connectivity index (χ2v) is 2.59. The Balaban J connectivity index is 2.78. The smallest absolute Gasteiger partial charge is 0.269 e. The van der Waals surface area contributed by atoms with Gasteiger partial charge in [-0.05, 0) is 12.1 Å². The minimum absolute atomic E-state index is 0.238. The lowest BCUT2D eigenvalue weighted by Gasteiger charge is -2.02. The maximum Gasteiger partial charge on any atom is 0.269 e. The molecule has 1 aromatic rings. The number of hydrogen-bond acceptors (Lipinski definition) is 3. The van der Waals surface area contributed by atoms with E-state index in [0.29, 0.717) is 24.3 Å². The lowest BCUT2D eigenvalue weighted by Crippen LogP contribution is -2.20. The van der Waals surface area contributed by atoms with E-state index >= 15 is 0 Å². The molecule has 74 valence electrons. The number of aromatic nitrogens is 1. The molecule has 1 heterocycles. The van der Waals surface area contributed by atoms with Crippen molar-refractivity contribution in [2.45, 2.75) is 6.54 Å². The van der Waals surface area contributed by atoms with Crippen molar-refractivity contribution in [3.05, 3.63) is 29.6 Å². The van der Waals surface area contributed by atoms with Gasteiger partial charge < -0.3 is 10.6 Å². The Kier molecular flexibility index (Phi) is 3.60. The molecule has 0 radical (unpaired) electrons. The average molecular weight is 193 g/mol.